The third-order valence-corrected chi connectivity index (χ3v) is 0.453. The van der Waals surface area contributed by atoms with Crippen LogP contribution in [0.2, 0.25) is 0 Å². The molecule has 0 aromatic heterocycles. The van der Waals surface area contributed by atoms with Gasteiger partial charge in [0.2, 0.25) is 0 Å². The molecule has 0 radical (unpaired) electrons. The number of terminal acetylenes is 1. The third-order valence-electron chi connectivity index (χ3n) is 0.453. The molecule has 50 valence electrons. The van der Waals surface area contributed by atoms with E-state index in [1.54, 1.807) is 0 Å². The van der Waals surface area contributed by atoms with E-state index < -0.39 is 11.9 Å². The summed E-state index contributed by atoms with van der Waals surface area (Å²) in [5.74, 6) is 0.311. The van der Waals surface area contributed by atoms with Gasteiger partial charge in [-0.2, -0.15) is 0 Å². The maximum Gasteiger partial charge on any atom is 0.395 e. The summed E-state index contributed by atoms with van der Waals surface area (Å²) in [6.45, 7) is 0. The molecule has 0 fully saturated rings. The molecule has 4 heteroatoms. The minimum absolute atomic E-state index is 0.752. The predicted molar refractivity (Wildman–Crippen MR) is 28.8 cm³/mol. The summed E-state index contributed by atoms with van der Waals surface area (Å²) in [6, 6.07) is 0. The first-order chi connectivity index (χ1) is 4.70. The summed E-state index contributed by atoms with van der Waals surface area (Å²) < 4.78 is 14.7. The second-order valence-corrected chi connectivity index (χ2v) is 1.04. The van der Waals surface area contributed by atoms with Crippen LogP contribution in [-0.4, -0.2) is 11.9 Å². The van der Waals surface area contributed by atoms with Gasteiger partial charge in [0.25, 0.3) is 0 Å². The van der Waals surface area contributed by atoms with Gasteiger partial charge in [-0.05, 0) is 0 Å². The molecule has 0 saturated heterocycles. The van der Waals surface area contributed by atoms with Crippen molar-refractivity contribution in [2.45, 2.75) is 0 Å². The summed E-state index contributed by atoms with van der Waals surface area (Å²) >= 11 is 0. The van der Waals surface area contributed by atoms with Gasteiger partial charge < -0.3 is 4.74 Å². The van der Waals surface area contributed by atoms with Crippen LogP contribution in [0.15, 0.2) is 0 Å². The Hall–Kier alpha value is -1.81. The normalized spacial score (nSPS) is 6.40. The van der Waals surface area contributed by atoms with Crippen LogP contribution in [0, 0.1) is 24.4 Å². The molecule has 0 saturated carbocycles. The topological polar surface area (TPSA) is 43.4 Å². The zero-order chi connectivity index (χ0) is 7.98. The minimum atomic E-state index is -1.30. The van der Waals surface area contributed by atoms with E-state index in [-0.39, 0.29) is 0 Å². The van der Waals surface area contributed by atoms with E-state index in [9.17, 15) is 14.0 Å². The first-order valence-corrected chi connectivity index (χ1v) is 2.04. The predicted octanol–water partition coefficient (Wildman–Crippen LogP) is -0.380. The molecule has 0 spiro atoms. The third kappa shape index (κ3) is 3.23. The van der Waals surface area contributed by atoms with Crippen molar-refractivity contribution in [2.75, 3.05) is 0 Å². The second-order valence-electron chi connectivity index (χ2n) is 1.04. The number of rotatable bonds is 0. The quantitative estimate of drug-likeness (QED) is 0.199. The van der Waals surface area contributed by atoms with Crippen LogP contribution in [0.4, 0.5) is 4.39 Å². The lowest BCUT2D eigenvalue weighted by Crippen LogP contribution is -2.07. The average Bonchev–Trinajstić information content (AvgIpc) is 1.88. The lowest BCUT2D eigenvalue weighted by molar-refractivity contribution is -0.151. The van der Waals surface area contributed by atoms with Crippen LogP contribution >= 0.6 is 0 Å². The van der Waals surface area contributed by atoms with Gasteiger partial charge in [0.1, 0.15) is 6.17 Å². The van der Waals surface area contributed by atoms with E-state index in [1.165, 1.54) is 11.8 Å². The maximum absolute atomic E-state index is 11.0. The SMILES string of the molecule is C#CC(=O)OC(=O)C#CF. The smallest absolute Gasteiger partial charge is 0.373 e. The van der Waals surface area contributed by atoms with E-state index in [1.807, 2.05) is 0 Å². The number of carbonyl (C=O) groups excluding carboxylic acids is 2. The molecule has 0 heterocycles. The highest BCUT2D eigenvalue weighted by Crippen LogP contribution is 1.76. The number of esters is 2. The van der Waals surface area contributed by atoms with Crippen LogP contribution in [0.25, 0.3) is 0 Å². The first kappa shape index (κ1) is 8.19. The summed E-state index contributed by atoms with van der Waals surface area (Å²) in [5.41, 5.74) is 0. The van der Waals surface area contributed by atoms with Crippen molar-refractivity contribution in [3.05, 3.63) is 0 Å². The Kier molecular flexibility index (Phi) is 3.36. The van der Waals surface area contributed by atoms with E-state index in [4.69, 9.17) is 0 Å². The molecule has 0 amide bonds. The van der Waals surface area contributed by atoms with Crippen LogP contribution in [-0.2, 0) is 14.3 Å². The van der Waals surface area contributed by atoms with Crippen molar-refractivity contribution in [3.8, 4) is 24.4 Å². The first-order valence-electron chi connectivity index (χ1n) is 2.04. The molecule has 0 aliphatic rings. The lowest BCUT2D eigenvalue weighted by Gasteiger charge is -1.86. The molecule has 0 atom stereocenters. The largest absolute Gasteiger partial charge is 0.395 e. The molecule has 3 nitrogen and oxygen atoms in total. The van der Waals surface area contributed by atoms with Crippen molar-refractivity contribution < 1.29 is 18.7 Å². The van der Waals surface area contributed by atoms with Crippen LogP contribution in [0.5, 0.6) is 0 Å². The fourth-order valence-electron chi connectivity index (χ4n) is 0.178. The zero-order valence-corrected chi connectivity index (χ0v) is 4.68. The van der Waals surface area contributed by atoms with Gasteiger partial charge in [-0.15, -0.1) is 10.8 Å². The van der Waals surface area contributed by atoms with Crippen LogP contribution in [0.1, 0.15) is 0 Å². The molecule has 0 aromatic carbocycles. The van der Waals surface area contributed by atoms with Gasteiger partial charge in [0.05, 0.1) is 5.92 Å². The summed E-state index contributed by atoms with van der Waals surface area (Å²) in [4.78, 5) is 20.1. The Balaban J connectivity index is 3.92. The average molecular weight is 140 g/mol. The summed E-state index contributed by atoms with van der Waals surface area (Å²) in [5, 5.41) is 0. The summed E-state index contributed by atoms with van der Waals surface area (Å²) in [7, 11) is 0. The molecule has 0 aromatic rings. The van der Waals surface area contributed by atoms with Crippen molar-refractivity contribution >= 4 is 11.9 Å². The molecule has 0 aliphatic carbocycles. The fourth-order valence-corrected chi connectivity index (χ4v) is 0.178. The Labute approximate surface area is 56.2 Å². The van der Waals surface area contributed by atoms with Crippen LogP contribution < -0.4 is 0 Å². The molecule has 0 aliphatic heterocycles. The lowest BCUT2D eigenvalue weighted by atomic mass is 10.6. The van der Waals surface area contributed by atoms with Crippen molar-refractivity contribution in [3.63, 3.8) is 0 Å². The standard InChI is InChI=1S/C6HFO3/c1-2-5(8)10-6(9)3-4-7/h1H. The molecule has 10 heavy (non-hydrogen) atoms. The summed E-state index contributed by atoms with van der Waals surface area (Å²) in [6.07, 6.45) is 5.25. The fraction of sp³-hybridized carbons (Fsp3) is 0. The molecule has 0 N–H and O–H groups in total. The Morgan fingerprint density at radius 3 is 2.40 bits per heavy atom. The molecule has 0 unspecified atom stereocenters. The zero-order valence-electron chi connectivity index (χ0n) is 4.68. The van der Waals surface area contributed by atoms with E-state index in [2.05, 4.69) is 11.2 Å². The Bertz CT molecular complexity index is 250. The Morgan fingerprint density at radius 2 is 2.00 bits per heavy atom. The number of hydrogen-bond donors (Lipinski definition) is 0. The van der Waals surface area contributed by atoms with Crippen molar-refractivity contribution in [1.82, 2.24) is 0 Å². The second kappa shape index (κ2) is 4.11. The van der Waals surface area contributed by atoms with Gasteiger partial charge in [-0.25, -0.2) is 9.59 Å². The molecular weight excluding hydrogens is 139 g/mol. The number of halogens is 1. The molecule has 0 bridgehead atoms. The highest BCUT2D eigenvalue weighted by molar-refractivity contribution is 6.01. The number of carbonyl (C=O) groups is 2. The Morgan fingerprint density at radius 1 is 1.40 bits per heavy atom. The van der Waals surface area contributed by atoms with Gasteiger partial charge in [0.15, 0.2) is 0 Å². The highest BCUT2D eigenvalue weighted by Gasteiger charge is 2.02. The molecule has 0 rings (SSSR count). The van der Waals surface area contributed by atoms with E-state index in [0.29, 0.717) is 0 Å². The maximum atomic E-state index is 11.0. The van der Waals surface area contributed by atoms with Crippen molar-refractivity contribution in [2.24, 2.45) is 0 Å². The van der Waals surface area contributed by atoms with E-state index in [0.717, 1.165) is 6.17 Å². The van der Waals surface area contributed by atoms with Gasteiger partial charge >= 0.3 is 11.9 Å². The van der Waals surface area contributed by atoms with Crippen LogP contribution in [0.3, 0.4) is 0 Å². The molecular formula is C6HFO3. The van der Waals surface area contributed by atoms with Crippen molar-refractivity contribution in [1.29, 1.82) is 0 Å². The number of hydrogen-bond acceptors (Lipinski definition) is 3. The minimum Gasteiger partial charge on any atom is -0.373 e. The van der Waals surface area contributed by atoms with Gasteiger partial charge in [0, 0.05) is 5.92 Å². The van der Waals surface area contributed by atoms with E-state index >= 15 is 0 Å². The van der Waals surface area contributed by atoms with Gasteiger partial charge in [-0.1, -0.05) is 0 Å². The van der Waals surface area contributed by atoms with Gasteiger partial charge in [-0.3, -0.25) is 0 Å². The monoisotopic (exact) mass is 140 g/mol. The number of ether oxygens (including phenoxy) is 1. The highest BCUT2D eigenvalue weighted by atomic mass is 19.1.